The number of aromatic nitrogens is 1. The summed E-state index contributed by atoms with van der Waals surface area (Å²) in [6.45, 7) is 3.87. The number of thiazole rings is 1. The molecule has 0 bridgehead atoms. The van der Waals surface area contributed by atoms with E-state index >= 15 is 0 Å². The largest absolute Gasteiger partial charge is 0.463 e. The molecule has 40 heavy (non-hydrogen) atoms. The average Bonchev–Trinajstić information content (AvgIpc) is 3.55. The third-order valence-corrected chi connectivity index (χ3v) is 8.30. The Morgan fingerprint density at radius 2 is 1.73 bits per heavy atom. The molecule has 0 fully saturated rings. The van der Waals surface area contributed by atoms with E-state index in [0.717, 1.165) is 27.1 Å². The lowest BCUT2D eigenvalue weighted by Crippen LogP contribution is -2.39. The Hall–Kier alpha value is -4.69. The van der Waals surface area contributed by atoms with Gasteiger partial charge in [0.25, 0.3) is 5.56 Å². The summed E-state index contributed by atoms with van der Waals surface area (Å²) in [5.74, 6) is 0.692. The number of ether oxygens (including phenoxy) is 3. The third kappa shape index (κ3) is 3.83. The van der Waals surface area contributed by atoms with Crippen molar-refractivity contribution >= 4 is 44.9 Å². The van der Waals surface area contributed by atoms with Gasteiger partial charge in [0.1, 0.15) is 0 Å². The second-order valence-corrected chi connectivity index (χ2v) is 10.7. The van der Waals surface area contributed by atoms with Gasteiger partial charge >= 0.3 is 5.97 Å². The first kappa shape index (κ1) is 24.4. The summed E-state index contributed by atoms with van der Waals surface area (Å²) < 4.78 is 18.7. The van der Waals surface area contributed by atoms with E-state index in [9.17, 15) is 9.59 Å². The van der Waals surface area contributed by atoms with Crippen molar-refractivity contribution in [3.8, 4) is 11.5 Å². The maximum Gasteiger partial charge on any atom is 0.338 e. The molecule has 8 heteroatoms. The summed E-state index contributed by atoms with van der Waals surface area (Å²) in [5, 5.41) is 4.31. The van der Waals surface area contributed by atoms with Crippen molar-refractivity contribution in [2.24, 2.45) is 4.99 Å². The number of fused-ring (bicyclic) bond motifs is 4. The molecule has 5 aromatic rings. The lowest BCUT2D eigenvalue weighted by atomic mass is 9.95. The normalized spacial score (nSPS) is 16.4. The number of rotatable bonds is 4. The molecule has 0 aliphatic carbocycles. The Morgan fingerprint density at radius 3 is 2.45 bits per heavy atom. The first-order chi connectivity index (χ1) is 19.5. The van der Waals surface area contributed by atoms with Gasteiger partial charge in [0.2, 0.25) is 6.79 Å². The first-order valence-electron chi connectivity index (χ1n) is 13.0. The van der Waals surface area contributed by atoms with E-state index in [-0.39, 0.29) is 19.0 Å². The Morgan fingerprint density at radius 1 is 1.02 bits per heavy atom. The standard InChI is InChI=1S/C32H24N2O5S/c1-3-37-31(36)28-18(2)33-32-34(29(28)21-12-13-25-26(15-21)39-17-38-25)30(35)27(40-32)16-24-22-10-6-4-8-19(22)14-20-9-5-7-11-23(20)24/h4-16,29H,3,17H2,1-2H3/b27-16-/t29-/m1/s1. The summed E-state index contributed by atoms with van der Waals surface area (Å²) in [7, 11) is 0. The highest BCUT2D eigenvalue weighted by molar-refractivity contribution is 7.07. The highest BCUT2D eigenvalue weighted by Gasteiger charge is 2.34. The fraction of sp³-hybridized carbons (Fsp3) is 0.156. The minimum atomic E-state index is -0.726. The minimum Gasteiger partial charge on any atom is -0.463 e. The smallest absolute Gasteiger partial charge is 0.338 e. The van der Waals surface area contributed by atoms with E-state index in [1.807, 2.05) is 42.5 Å². The van der Waals surface area contributed by atoms with Gasteiger partial charge in [-0.1, -0.05) is 65.9 Å². The Kier molecular flexibility index (Phi) is 5.78. The van der Waals surface area contributed by atoms with Gasteiger partial charge in [0.15, 0.2) is 16.3 Å². The molecule has 3 heterocycles. The van der Waals surface area contributed by atoms with Crippen LogP contribution in [0.2, 0.25) is 0 Å². The predicted molar refractivity (Wildman–Crippen MR) is 154 cm³/mol. The van der Waals surface area contributed by atoms with Crippen molar-refractivity contribution in [3.63, 3.8) is 0 Å². The van der Waals surface area contributed by atoms with Crippen LogP contribution >= 0.6 is 11.3 Å². The summed E-state index contributed by atoms with van der Waals surface area (Å²) in [6.07, 6.45) is 1.95. The van der Waals surface area contributed by atoms with Crippen LogP contribution in [0.5, 0.6) is 11.5 Å². The molecule has 2 aliphatic rings. The van der Waals surface area contributed by atoms with Crippen molar-refractivity contribution in [3.05, 3.63) is 115 Å². The van der Waals surface area contributed by atoms with Crippen molar-refractivity contribution < 1.29 is 19.0 Å². The fourth-order valence-electron chi connectivity index (χ4n) is 5.53. The molecule has 1 aromatic heterocycles. The zero-order chi connectivity index (χ0) is 27.4. The molecule has 1 atom stereocenters. The number of carbonyl (C=O) groups excluding carboxylic acids is 1. The monoisotopic (exact) mass is 548 g/mol. The number of carbonyl (C=O) groups is 1. The number of hydrogen-bond donors (Lipinski definition) is 0. The average molecular weight is 549 g/mol. The van der Waals surface area contributed by atoms with Gasteiger partial charge < -0.3 is 14.2 Å². The number of nitrogens with zero attached hydrogens (tertiary/aromatic N) is 2. The lowest BCUT2D eigenvalue weighted by molar-refractivity contribution is -0.139. The molecular formula is C32H24N2O5S. The van der Waals surface area contributed by atoms with Crippen LogP contribution in [0.1, 0.15) is 31.0 Å². The van der Waals surface area contributed by atoms with Gasteiger partial charge in [-0.15, -0.1) is 0 Å². The third-order valence-electron chi connectivity index (χ3n) is 7.32. The molecule has 7 rings (SSSR count). The van der Waals surface area contributed by atoms with E-state index < -0.39 is 12.0 Å². The fourth-order valence-corrected chi connectivity index (χ4v) is 6.55. The molecule has 0 amide bonds. The van der Waals surface area contributed by atoms with Crippen LogP contribution in [0.4, 0.5) is 0 Å². The van der Waals surface area contributed by atoms with Crippen LogP contribution < -0.4 is 24.4 Å². The molecule has 0 N–H and O–H groups in total. The second kappa shape index (κ2) is 9.50. The molecule has 2 aliphatic heterocycles. The summed E-state index contributed by atoms with van der Waals surface area (Å²) in [5.41, 5.74) is 2.31. The van der Waals surface area contributed by atoms with Gasteiger partial charge in [0, 0.05) is 0 Å². The molecule has 0 saturated carbocycles. The number of allylic oxidation sites excluding steroid dienone is 1. The van der Waals surface area contributed by atoms with E-state index in [4.69, 9.17) is 19.2 Å². The van der Waals surface area contributed by atoms with Crippen LogP contribution in [0.25, 0.3) is 27.6 Å². The quantitative estimate of drug-likeness (QED) is 0.237. The number of hydrogen-bond acceptors (Lipinski definition) is 7. The van der Waals surface area contributed by atoms with Crippen molar-refractivity contribution in [2.75, 3.05) is 13.4 Å². The molecule has 198 valence electrons. The summed E-state index contributed by atoms with van der Waals surface area (Å²) in [6, 6.07) is 23.3. The van der Waals surface area contributed by atoms with Crippen LogP contribution in [-0.2, 0) is 9.53 Å². The number of esters is 1. The topological polar surface area (TPSA) is 79.1 Å². The zero-order valence-electron chi connectivity index (χ0n) is 21.8. The summed E-state index contributed by atoms with van der Waals surface area (Å²) in [4.78, 5) is 32.6. The van der Waals surface area contributed by atoms with E-state index in [1.54, 1.807) is 24.5 Å². The van der Waals surface area contributed by atoms with E-state index in [0.29, 0.717) is 37.7 Å². The number of benzene rings is 4. The van der Waals surface area contributed by atoms with Gasteiger partial charge in [-0.05, 0) is 70.8 Å². The van der Waals surface area contributed by atoms with Gasteiger partial charge in [0.05, 0.1) is 28.5 Å². The Balaban J connectivity index is 1.49. The van der Waals surface area contributed by atoms with Crippen molar-refractivity contribution in [1.29, 1.82) is 0 Å². The van der Waals surface area contributed by atoms with Gasteiger partial charge in [-0.3, -0.25) is 9.36 Å². The molecule has 0 unspecified atom stereocenters. The van der Waals surface area contributed by atoms with Crippen LogP contribution in [-0.4, -0.2) is 23.9 Å². The second-order valence-electron chi connectivity index (χ2n) is 9.65. The molecule has 4 aromatic carbocycles. The first-order valence-corrected chi connectivity index (χ1v) is 13.8. The van der Waals surface area contributed by atoms with Crippen LogP contribution in [0.3, 0.4) is 0 Å². The SMILES string of the molecule is CCOC(=O)C1=C(C)N=c2s/c(=C\c3c4ccccc4cc4ccccc34)c(=O)n2[C@@H]1c1ccc2c(c1)OCO2. The Bertz CT molecular complexity index is 2020. The molecule has 0 saturated heterocycles. The minimum absolute atomic E-state index is 0.125. The predicted octanol–water partition coefficient (Wildman–Crippen LogP) is 4.83. The van der Waals surface area contributed by atoms with Crippen LogP contribution in [0.15, 0.2) is 93.9 Å². The molecule has 0 radical (unpaired) electrons. The van der Waals surface area contributed by atoms with Crippen LogP contribution in [0, 0.1) is 0 Å². The Labute approximate surface area is 232 Å². The maximum absolute atomic E-state index is 14.2. The highest BCUT2D eigenvalue weighted by Crippen LogP contribution is 2.38. The zero-order valence-corrected chi connectivity index (χ0v) is 22.7. The van der Waals surface area contributed by atoms with E-state index in [2.05, 4.69) is 30.3 Å². The summed E-state index contributed by atoms with van der Waals surface area (Å²) >= 11 is 1.31. The lowest BCUT2D eigenvalue weighted by Gasteiger charge is -2.24. The van der Waals surface area contributed by atoms with Crippen molar-refractivity contribution in [2.45, 2.75) is 19.9 Å². The van der Waals surface area contributed by atoms with Crippen molar-refractivity contribution in [1.82, 2.24) is 4.57 Å². The van der Waals surface area contributed by atoms with E-state index in [1.165, 1.54) is 11.3 Å². The van der Waals surface area contributed by atoms with Gasteiger partial charge in [-0.2, -0.15) is 0 Å². The highest BCUT2D eigenvalue weighted by atomic mass is 32.1. The molecular weight excluding hydrogens is 524 g/mol. The maximum atomic E-state index is 14.2. The molecule has 0 spiro atoms. The van der Waals surface area contributed by atoms with Gasteiger partial charge in [-0.25, -0.2) is 9.79 Å². The molecule has 7 nitrogen and oxygen atoms in total.